The lowest BCUT2D eigenvalue weighted by atomic mass is 10.0. The second-order valence-electron chi connectivity index (χ2n) is 6.65. The molecule has 1 aliphatic heterocycles. The average molecular weight is 303 g/mol. The van der Waals surface area contributed by atoms with Crippen molar-refractivity contribution < 1.29 is 8.42 Å². The van der Waals surface area contributed by atoms with E-state index in [4.69, 9.17) is 0 Å². The largest absolute Gasteiger partial charge is 0.313 e. The summed E-state index contributed by atoms with van der Waals surface area (Å²) < 4.78 is 29.4. The van der Waals surface area contributed by atoms with Crippen LogP contribution in [0, 0.1) is 11.8 Å². The Balaban J connectivity index is 1.91. The predicted octanol–water partition coefficient (Wildman–Crippen LogP) is 1.33. The molecule has 0 spiro atoms. The van der Waals surface area contributed by atoms with E-state index in [2.05, 4.69) is 30.8 Å². The summed E-state index contributed by atoms with van der Waals surface area (Å²) in [5.41, 5.74) is 0. The average Bonchev–Trinajstić information content (AvgIpc) is 3.10. The topological polar surface area (TPSA) is 61.4 Å². The monoisotopic (exact) mass is 303 g/mol. The van der Waals surface area contributed by atoms with Gasteiger partial charge in [0, 0.05) is 31.7 Å². The fourth-order valence-electron chi connectivity index (χ4n) is 2.84. The molecule has 0 aromatic rings. The fraction of sp³-hybridized carbons (Fsp3) is 1.00. The van der Waals surface area contributed by atoms with Crippen molar-refractivity contribution in [1.82, 2.24) is 14.3 Å². The van der Waals surface area contributed by atoms with Crippen LogP contribution in [0.5, 0.6) is 0 Å². The fourth-order valence-corrected chi connectivity index (χ4v) is 4.38. The Labute approximate surface area is 123 Å². The SMILES string of the molecule is CC(C)NCC1CCCCN1S(=O)(=O)NCC1CC1C. The van der Waals surface area contributed by atoms with Gasteiger partial charge < -0.3 is 5.32 Å². The van der Waals surface area contributed by atoms with Crippen LogP contribution < -0.4 is 10.0 Å². The summed E-state index contributed by atoms with van der Waals surface area (Å²) in [6.07, 6.45) is 4.20. The highest BCUT2D eigenvalue weighted by Crippen LogP contribution is 2.37. The molecule has 0 radical (unpaired) electrons. The van der Waals surface area contributed by atoms with E-state index in [1.165, 1.54) is 0 Å². The van der Waals surface area contributed by atoms with Crippen molar-refractivity contribution in [2.24, 2.45) is 11.8 Å². The highest BCUT2D eigenvalue weighted by atomic mass is 32.2. The van der Waals surface area contributed by atoms with Crippen LogP contribution in [0.15, 0.2) is 0 Å². The number of nitrogens with one attached hydrogen (secondary N) is 2. The molecule has 2 N–H and O–H groups in total. The third-order valence-corrected chi connectivity index (χ3v) is 6.08. The molecule has 0 aromatic heterocycles. The van der Waals surface area contributed by atoms with E-state index in [1.807, 2.05) is 0 Å². The van der Waals surface area contributed by atoms with Crippen LogP contribution in [-0.4, -0.2) is 44.4 Å². The van der Waals surface area contributed by atoms with Crippen molar-refractivity contribution in [2.45, 2.75) is 58.5 Å². The Morgan fingerprint density at radius 1 is 1.25 bits per heavy atom. The quantitative estimate of drug-likeness (QED) is 0.746. The summed E-state index contributed by atoms with van der Waals surface area (Å²) in [4.78, 5) is 0. The van der Waals surface area contributed by atoms with Crippen LogP contribution in [-0.2, 0) is 10.2 Å². The van der Waals surface area contributed by atoms with Crippen LogP contribution in [0.1, 0.15) is 46.5 Å². The van der Waals surface area contributed by atoms with E-state index < -0.39 is 10.2 Å². The van der Waals surface area contributed by atoms with Crippen LogP contribution >= 0.6 is 0 Å². The molecule has 118 valence electrons. The van der Waals surface area contributed by atoms with Gasteiger partial charge in [-0.3, -0.25) is 0 Å². The van der Waals surface area contributed by atoms with Gasteiger partial charge in [-0.1, -0.05) is 27.2 Å². The van der Waals surface area contributed by atoms with Crippen LogP contribution in [0.25, 0.3) is 0 Å². The van der Waals surface area contributed by atoms with Gasteiger partial charge in [0.2, 0.25) is 0 Å². The lowest BCUT2D eigenvalue weighted by Gasteiger charge is -2.35. The lowest BCUT2D eigenvalue weighted by Crippen LogP contribution is -2.53. The van der Waals surface area contributed by atoms with Crippen molar-refractivity contribution in [1.29, 1.82) is 0 Å². The van der Waals surface area contributed by atoms with Gasteiger partial charge in [0.1, 0.15) is 0 Å². The normalized spacial score (nSPS) is 31.7. The van der Waals surface area contributed by atoms with Crippen LogP contribution in [0.2, 0.25) is 0 Å². The number of hydrogen-bond acceptors (Lipinski definition) is 3. The summed E-state index contributed by atoms with van der Waals surface area (Å²) in [6.45, 7) is 8.36. The highest BCUT2D eigenvalue weighted by Gasteiger charge is 2.36. The lowest BCUT2D eigenvalue weighted by molar-refractivity contribution is 0.239. The van der Waals surface area contributed by atoms with Gasteiger partial charge >= 0.3 is 0 Å². The van der Waals surface area contributed by atoms with E-state index in [-0.39, 0.29) is 6.04 Å². The highest BCUT2D eigenvalue weighted by molar-refractivity contribution is 7.87. The molecule has 5 nitrogen and oxygen atoms in total. The summed E-state index contributed by atoms with van der Waals surface area (Å²) in [7, 11) is -3.32. The zero-order chi connectivity index (χ0) is 14.8. The molecule has 1 saturated heterocycles. The molecular weight excluding hydrogens is 274 g/mol. The Bertz CT molecular complexity index is 411. The molecule has 1 heterocycles. The number of piperidine rings is 1. The van der Waals surface area contributed by atoms with Crippen molar-refractivity contribution in [3.05, 3.63) is 0 Å². The van der Waals surface area contributed by atoms with Crippen LogP contribution in [0.3, 0.4) is 0 Å². The molecule has 2 fully saturated rings. The van der Waals surface area contributed by atoms with Crippen molar-refractivity contribution in [3.63, 3.8) is 0 Å². The van der Waals surface area contributed by atoms with Crippen molar-refractivity contribution in [2.75, 3.05) is 19.6 Å². The molecule has 1 aliphatic carbocycles. The molecule has 0 aromatic carbocycles. The molecule has 2 aliphatic rings. The summed E-state index contributed by atoms with van der Waals surface area (Å²) in [5, 5.41) is 3.37. The maximum atomic E-state index is 12.5. The minimum atomic E-state index is -3.32. The van der Waals surface area contributed by atoms with E-state index in [0.29, 0.717) is 31.0 Å². The first-order valence-electron chi connectivity index (χ1n) is 7.90. The predicted molar refractivity (Wildman–Crippen MR) is 81.7 cm³/mol. The molecule has 3 unspecified atom stereocenters. The summed E-state index contributed by atoms with van der Waals surface area (Å²) in [6, 6.07) is 0.488. The first-order valence-corrected chi connectivity index (χ1v) is 9.34. The maximum Gasteiger partial charge on any atom is 0.279 e. The van der Waals surface area contributed by atoms with Crippen molar-refractivity contribution >= 4 is 10.2 Å². The van der Waals surface area contributed by atoms with Crippen molar-refractivity contribution in [3.8, 4) is 0 Å². The Morgan fingerprint density at radius 2 is 1.95 bits per heavy atom. The molecule has 20 heavy (non-hydrogen) atoms. The van der Waals surface area contributed by atoms with Crippen LogP contribution in [0.4, 0.5) is 0 Å². The third kappa shape index (κ3) is 4.41. The number of nitrogens with zero attached hydrogens (tertiary/aromatic N) is 1. The second kappa shape index (κ2) is 6.73. The van der Waals surface area contributed by atoms with E-state index in [0.717, 1.165) is 32.2 Å². The summed E-state index contributed by atoms with van der Waals surface area (Å²) >= 11 is 0. The minimum Gasteiger partial charge on any atom is -0.313 e. The Morgan fingerprint density at radius 3 is 2.55 bits per heavy atom. The molecule has 3 atom stereocenters. The first-order chi connectivity index (χ1) is 9.40. The number of rotatable bonds is 7. The third-order valence-electron chi connectivity index (χ3n) is 4.45. The van der Waals surface area contributed by atoms with Gasteiger partial charge in [-0.2, -0.15) is 12.7 Å². The van der Waals surface area contributed by atoms with Gasteiger partial charge in [-0.25, -0.2) is 4.72 Å². The molecule has 2 rings (SSSR count). The van der Waals surface area contributed by atoms with Gasteiger partial charge in [0.25, 0.3) is 10.2 Å². The first kappa shape index (κ1) is 16.2. The Kier molecular flexibility index (Phi) is 5.45. The zero-order valence-electron chi connectivity index (χ0n) is 12.9. The Hall–Kier alpha value is -0.170. The van der Waals surface area contributed by atoms with E-state index in [1.54, 1.807) is 4.31 Å². The smallest absolute Gasteiger partial charge is 0.279 e. The van der Waals surface area contributed by atoms with Gasteiger partial charge in [0.15, 0.2) is 0 Å². The van der Waals surface area contributed by atoms with Gasteiger partial charge in [-0.15, -0.1) is 0 Å². The maximum absolute atomic E-state index is 12.5. The van der Waals surface area contributed by atoms with E-state index in [9.17, 15) is 8.42 Å². The standard InChI is InChI=1S/C14H29N3O2S/c1-11(2)15-10-14-6-4-5-7-17(14)20(18,19)16-9-13-8-12(13)3/h11-16H,4-10H2,1-3H3. The summed E-state index contributed by atoms with van der Waals surface area (Å²) in [5.74, 6) is 1.22. The van der Waals surface area contributed by atoms with Gasteiger partial charge in [0.05, 0.1) is 0 Å². The molecule has 0 amide bonds. The number of hydrogen-bond donors (Lipinski definition) is 2. The molecular formula is C14H29N3O2S. The zero-order valence-corrected chi connectivity index (χ0v) is 13.7. The molecule has 0 bridgehead atoms. The van der Waals surface area contributed by atoms with E-state index >= 15 is 0 Å². The minimum absolute atomic E-state index is 0.0975. The van der Waals surface area contributed by atoms with Gasteiger partial charge in [-0.05, 0) is 31.1 Å². The molecule has 6 heteroatoms. The molecule has 1 saturated carbocycles. The second-order valence-corrected chi connectivity index (χ2v) is 8.36.